The molecule has 2 N–H and O–H groups in total. The number of alkyl halides is 3. The number of rotatable bonds is 7. The Labute approximate surface area is 282 Å². The van der Waals surface area contributed by atoms with E-state index in [0.717, 1.165) is 18.2 Å². The number of halogens is 4. The quantitative estimate of drug-likeness (QED) is 0.285. The number of carbonyl (C=O) groups is 2. The first-order valence-corrected chi connectivity index (χ1v) is 15.9. The van der Waals surface area contributed by atoms with Gasteiger partial charge in [0.25, 0.3) is 5.91 Å². The van der Waals surface area contributed by atoms with Crippen LogP contribution in [0, 0.1) is 13.8 Å². The van der Waals surface area contributed by atoms with Gasteiger partial charge in [0.1, 0.15) is 24.3 Å². The van der Waals surface area contributed by atoms with E-state index in [0.29, 0.717) is 36.3 Å². The number of piperazine rings is 1. The summed E-state index contributed by atoms with van der Waals surface area (Å²) in [6, 6.07) is 2.09. The van der Waals surface area contributed by atoms with Crippen LogP contribution in [-0.4, -0.2) is 78.6 Å². The van der Waals surface area contributed by atoms with Crippen molar-refractivity contribution in [2.45, 2.75) is 64.8 Å². The molecule has 3 aromatic heterocycles. The average Bonchev–Trinajstić information content (AvgIpc) is 3.03. The first-order chi connectivity index (χ1) is 23.2. The topological polar surface area (TPSA) is 156 Å². The highest BCUT2D eigenvalue weighted by molar-refractivity contribution is 6.33. The van der Waals surface area contributed by atoms with Crippen LogP contribution in [0.2, 0.25) is 5.02 Å². The second kappa shape index (κ2) is 12.8. The molecule has 2 atom stereocenters. The number of pyridine rings is 1. The molecule has 6 rings (SSSR count). The SMILES string of the molecule is CCc1c(N2CCN(C(=O)c3ncnc(C)c3O)C3CCC32)c(=O)c2nc(OC)c(C)nc2n1CC(=O)Nc1ccc(C(F)(F)F)cc1Cl. The highest BCUT2D eigenvalue weighted by atomic mass is 35.5. The molecule has 1 aliphatic carbocycles. The van der Waals surface area contributed by atoms with Crippen molar-refractivity contribution in [3.05, 3.63) is 68.1 Å². The fourth-order valence-electron chi connectivity index (χ4n) is 6.50. The van der Waals surface area contributed by atoms with Gasteiger partial charge in [0.15, 0.2) is 22.6 Å². The van der Waals surface area contributed by atoms with Crippen LogP contribution in [0.5, 0.6) is 11.6 Å². The molecule has 4 heterocycles. The third-order valence-electron chi connectivity index (χ3n) is 9.03. The molecular formula is C32H32ClF3N8O5. The number of amides is 2. The largest absolute Gasteiger partial charge is 0.504 e. The molecule has 2 aliphatic rings. The predicted octanol–water partition coefficient (Wildman–Crippen LogP) is 4.28. The smallest absolute Gasteiger partial charge is 0.416 e. The molecule has 13 nitrogen and oxygen atoms in total. The fraction of sp³-hybridized carbons (Fsp3) is 0.406. The van der Waals surface area contributed by atoms with Gasteiger partial charge in [-0.3, -0.25) is 14.4 Å². The predicted molar refractivity (Wildman–Crippen MR) is 173 cm³/mol. The van der Waals surface area contributed by atoms with Crippen LogP contribution >= 0.6 is 11.6 Å². The van der Waals surface area contributed by atoms with Crippen LogP contribution in [-0.2, 0) is 23.9 Å². The molecule has 2 unspecified atom stereocenters. The minimum atomic E-state index is -4.61. The Bertz CT molecular complexity index is 2060. The molecule has 2 amide bonds. The van der Waals surface area contributed by atoms with Crippen molar-refractivity contribution in [1.29, 1.82) is 0 Å². The first-order valence-electron chi connectivity index (χ1n) is 15.5. The molecule has 1 saturated carbocycles. The van der Waals surface area contributed by atoms with E-state index in [1.807, 2.05) is 11.8 Å². The average molecular weight is 701 g/mol. The van der Waals surface area contributed by atoms with Gasteiger partial charge in [-0.1, -0.05) is 18.5 Å². The Morgan fingerprint density at radius 3 is 2.47 bits per heavy atom. The standard InChI is InChI=1S/C32H32ClF3N8O5/c1-5-20-26(42-10-11-43(22-9-8-21(22)42)31(48)25-27(46)15(2)37-14-38-25)28(47)24-29(39-16(3)30(41-24)49-4)44(20)13-23(45)40-19-7-6-17(12-18(19)33)32(34,35)36/h6-7,12,14,21-22,46H,5,8-11,13H2,1-4H3,(H,40,45). The summed E-state index contributed by atoms with van der Waals surface area (Å²) in [6.07, 6.45) is -1.77. The molecular weight excluding hydrogens is 669 g/mol. The second-order valence-corrected chi connectivity index (χ2v) is 12.3. The molecule has 0 spiro atoms. The van der Waals surface area contributed by atoms with Crippen LogP contribution in [0.15, 0.2) is 29.3 Å². The lowest BCUT2D eigenvalue weighted by atomic mass is 9.81. The van der Waals surface area contributed by atoms with Gasteiger partial charge < -0.3 is 29.5 Å². The number of fused-ring (bicyclic) bond motifs is 2. The van der Waals surface area contributed by atoms with Gasteiger partial charge in [0, 0.05) is 24.8 Å². The molecule has 2 fully saturated rings. The van der Waals surface area contributed by atoms with E-state index in [1.54, 1.807) is 23.3 Å². The first kappa shape index (κ1) is 33.9. The normalized spacial score (nSPS) is 17.5. The Morgan fingerprint density at radius 2 is 1.84 bits per heavy atom. The van der Waals surface area contributed by atoms with Crippen molar-refractivity contribution in [2.24, 2.45) is 0 Å². The highest BCUT2D eigenvalue weighted by Gasteiger charge is 2.47. The monoisotopic (exact) mass is 700 g/mol. The number of aromatic hydroxyl groups is 1. The molecule has 1 saturated heterocycles. The van der Waals surface area contributed by atoms with E-state index in [4.69, 9.17) is 16.3 Å². The zero-order valence-electron chi connectivity index (χ0n) is 26.9. The molecule has 17 heteroatoms. The summed E-state index contributed by atoms with van der Waals surface area (Å²) in [5.41, 5.74) is 0.0473. The summed E-state index contributed by atoms with van der Waals surface area (Å²) in [7, 11) is 1.40. The van der Waals surface area contributed by atoms with Crippen molar-refractivity contribution in [3.63, 3.8) is 0 Å². The minimum absolute atomic E-state index is 0.0183. The third kappa shape index (κ3) is 5.98. The lowest BCUT2D eigenvalue weighted by Gasteiger charge is -2.54. The number of ether oxygens (including phenoxy) is 1. The number of nitrogens with one attached hydrogen (secondary N) is 1. The van der Waals surface area contributed by atoms with Gasteiger partial charge in [-0.05, 0) is 51.3 Å². The van der Waals surface area contributed by atoms with Crippen LogP contribution in [0.4, 0.5) is 24.5 Å². The van der Waals surface area contributed by atoms with E-state index in [-0.39, 0.29) is 76.6 Å². The van der Waals surface area contributed by atoms with Crippen molar-refractivity contribution < 1.29 is 32.6 Å². The van der Waals surface area contributed by atoms with Crippen LogP contribution in [0.1, 0.15) is 52.9 Å². The maximum absolute atomic E-state index is 14.3. The van der Waals surface area contributed by atoms with E-state index in [9.17, 15) is 32.7 Å². The van der Waals surface area contributed by atoms with Gasteiger partial charge in [-0.2, -0.15) is 13.2 Å². The third-order valence-corrected chi connectivity index (χ3v) is 9.35. The number of methoxy groups -OCH3 is 1. The number of carbonyl (C=O) groups excluding carboxylic acids is 2. The van der Waals surface area contributed by atoms with Crippen LogP contribution in [0.3, 0.4) is 0 Å². The molecule has 1 aromatic carbocycles. The summed E-state index contributed by atoms with van der Waals surface area (Å²) in [5.74, 6) is -1.22. The lowest BCUT2D eigenvalue weighted by Crippen LogP contribution is -2.67. The molecule has 49 heavy (non-hydrogen) atoms. The summed E-state index contributed by atoms with van der Waals surface area (Å²) in [5, 5.41) is 12.8. The zero-order valence-corrected chi connectivity index (χ0v) is 27.7. The van der Waals surface area contributed by atoms with Gasteiger partial charge in [-0.15, -0.1) is 0 Å². The summed E-state index contributed by atoms with van der Waals surface area (Å²) < 4.78 is 46.5. The maximum atomic E-state index is 14.3. The zero-order chi connectivity index (χ0) is 35.4. The lowest BCUT2D eigenvalue weighted by molar-refractivity contribution is -0.137. The van der Waals surface area contributed by atoms with E-state index < -0.39 is 29.0 Å². The van der Waals surface area contributed by atoms with Crippen molar-refractivity contribution in [1.82, 2.24) is 29.4 Å². The number of hydrogen-bond donors (Lipinski definition) is 2. The van der Waals surface area contributed by atoms with Gasteiger partial charge >= 0.3 is 6.18 Å². The van der Waals surface area contributed by atoms with Gasteiger partial charge in [0.2, 0.25) is 17.2 Å². The Kier molecular flexibility index (Phi) is 8.85. The number of aryl methyl sites for hydroxylation is 2. The van der Waals surface area contributed by atoms with E-state index in [1.165, 1.54) is 13.4 Å². The van der Waals surface area contributed by atoms with E-state index in [2.05, 4.69) is 25.3 Å². The summed E-state index contributed by atoms with van der Waals surface area (Å²) >= 11 is 6.11. The number of hydrogen-bond acceptors (Lipinski definition) is 10. The number of aromatic nitrogens is 5. The summed E-state index contributed by atoms with van der Waals surface area (Å²) in [6.45, 7) is 5.16. The van der Waals surface area contributed by atoms with Crippen molar-refractivity contribution in [2.75, 3.05) is 30.4 Å². The fourth-order valence-corrected chi connectivity index (χ4v) is 6.73. The van der Waals surface area contributed by atoms with Crippen molar-refractivity contribution >= 4 is 46.0 Å². The molecule has 258 valence electrons. The summed E-state index contributed by atoms with van der Waals surface area (Å²) in [4.78, 5) is 62.0. The van der Waals surface area contributed by atoms with Crippen LogP contribution in [0.25, 0.3) is 11.2 Å². The van der Waals surface area contributed by atoms with Crippen LogP contribution < -0.4 is 20.4 Å². The second-order valence-electron chi connectivity index (χ2n) is 11.9. The van der Waals surface area contributed by atoms with Gasteiger partial charge in [-0.25, -0.2) is 19.9 Å². The minimum Gasteiger partial charge on any atom is -0.504 e. The molecule has 4 aromatic rings. The van der Waals surface area contributed by atoms with E-state index >= 15 is 0 Å². The molecule has 0 radical (unpaired) electrons. The Hall–Kier alpha value is -4.99. The Morgan fingerprint density at radius 1 is 1.10 bits per heavy atom. The van der Waals surface area contributed by atoms with Gasteiger partial charge in [0.05, 0.1) is 35.1 Å². The number of nitrogens with zero attached hydrogens (tertiary/aromatic N) is 7. The van der Waals surface area contributed by atoms with Crippen molar-refractivity contribution in [3.8, 4) is 11.6 Å². The molecule has 0 bridgehead atoms. The highest BCUT2D eigenvalue weighted by Crippen LogP contribution is 2.39. The molecule has 1 aliphatic heterocycles. The Balaban J connectivity index is 1.39. The number of benzene rings is 1. The maximum Gasteiger partial charge on any atom is 0.416 e. The number of anilines is 2.